The molecule has 1 amide bonds. The second-order valence-corrected chi connectivity index (χ2v) is 7.16. The Labute approximate surface area is 159 Å². The fourth-order valence-corrected chi connectivity index (χ4v) is 3.95. The zero-order chi connectivity index (χ0) is 18.8. The maximum Gasteiger partial charge on any atom is 0.242 e. The highest BCUT2D eigenvalue weighted by molar-refractivity contribution is 5.82. The van der Waals surface area contributed by atoms with Crippen LogP contribution in [0.15, 0.2) is 42.7 Å². The van der Waals surface area contributed by atoms with Crippen molar-refractivity contribution < 1.29 is 4.79 Å². The van der Waals surface area contributed by atoms with Gasteiger partial charge in [0, 0.05) is 43.2 Å². The van der Waals surface area contributed by atoms with Crippen molar-refractivity contribution >= 4 is 22.5 Å². The molecule has 0 unspecified atom stereocenters. The third kappa shape index (κ3) is 3.52. The second-order valence-electron chi connectivity index (χ2n) is 7.16. The number of nitrogens with two attached hydrogens (primary N) is 1. The lowest BCUT2D eigenvalue weighted by Crippen LogP contribution is -2.41. The van der Waals surface area contributed by atoms with Crippen LogP contribution in [0.4, 0.5) is 5.69 Å². The molecule has 1 fully saturated rings. The molecule has 3 heterocycles. The van der Waals surface area contributed by atoms with Crippen molar-refractivity contribution in [1.82, 2.24) is 19.4 Å². The average molecular weight is 363 g/mol. The van der Waals surface area contributed by atoms with Crippen LogP contribution in [0, 0.1) is 0 Å². The predicted molar refractivity (Wildman–Crippen MR) is 106 cm³/mol. The van der Waals surface area contributed by atoms with Crippen molar-refractivity contribution in [3.8, 4) is 0 Å². The van der Waals surface area contributed by atoms with Crippen molar-refractivity contribution in [3.63, 3.8) is 0 Å². The summed E-state index contributed by atoms with van der Waals surface area (Å²) in [4.78, 5) is 23.9. The van der Waals surface area contributed by atoms with Gasteiger partial charge in [-0.15, -0.1) is 0 Å². The van der Waals surface area contributed by atoms with Gasteiger partial charge in [0.25, 0.3) is 0 Å². The van der Waals surface area contributed by atoms with Crippen LogP contribution in [0.3, 0.4) is 0 Å². The lowest BCUT2D eigenvalue weighted by molar-refractivity contribution is -0.133. The van der Waals surface area contributed by atoms with E-state index in [2.05, 4.69) is 11.9 Å². The van der Waals surface area contributed by atoms with Crippen LogP contribution in [-0.2, 0) is 17.8 Å². The van der Waals surface area contributed by atoms with E-state index in [1.807, 2.05) is 46.0 Å². The minimum atomic E-state index is 0.131. The Hall–Kier alpha value is -2.89. The third-order valence-electron chi connectivity index (χ3n) is 5.37. The monoisotopic (exact) mass is 363 g/mol. The Morgan fingerprint density at radius 2 is 2.19 bits per heavy atom. The minimum absolute atomic E-state index is 0.131. The quantitative estimate of drug-likeness (QED) is 0.773. The molecule has 1 aliphatic heterocycles. The van der Waals surface area contributed by atoms with Crippen molar-refractivity contribution in [2.45, 2.75) is 38.6 Å². The maximum atomic E-state index is 12.8. The number of imidazole rings is 1. The number of carbonyl (C=O) groups is 1. The van der Waals surface area contributed by atoms with E-state index in [0.717, 1.165) is 53.9 Å². The number of likely N-dealkylation sites (tertiary alicyclic amines) is 1. The highest BCUT2D eigenvalue weighted by atomic mass is 16.2. The molecule has 1 atom stereocenters. The van der Waals surface area contributed by atoms with Gasteiger partial charge in [-0.2, -0.15) is 0 Å². The molecule has 2 N–H and O–H groups in total. The lowest BCUT2D eigenvalue weighted by atomic mass is 9.92. The number of hydrogen-bond donors (Lipinski definition) is 1. The number of amides is 1. The normalized spacial score (nSPS) is 17.4. The number of fused-ring (bicyclic) bond motifs is 1. The summed E-state index contributed by atoms with van der Waals surface area (Å²) in [6.45, 7) is 3.86. The number of aryl methyl sites for hydroxylation is 1. The molecular weight excluding hydrogens is 338 g/mol. The van der Waals surface area contributed by atoms with Gasteiger partial charge in [-0.05, 0) is 25.0 Å². The summed E-state index contributed by atoms with van der Waals surface area (Å²) < 4.78 is 1.94. The Morgan fingerprint density at radius 1 is 1.33 bits per heavy atom. The van der Waals surface area contributed by atoms with Crippen molar-refractivity contribution in [2.75, 3.05) is 18.8 Å². The molecule has 3 aromatic rings. The zero-order valence-electron chi connectivity index (χ0n) is 15.6. The molecule has 4 rings (SSSR count). The van der Waals surface area contributed by atoms with E-state index in [1.165, 1.54) is 0 Å². The molecule has 0 spiro atoms. The van der Waals surface area contributed by atoms with Gasteiger partial charge >= 0.3 is 0 Å². The van der Waals surface area contributed by atoms with Crippen LogP contribution in [-0.4, -0.2) is 38.4 Å². The number of aromatic nitrogens is 3. The van der Waals surface area contributed by atoms with Gasteiger partial charge in [-0.1, -0.05) is 25.1 Å². The number of anilines is 1. The van der Waals surface area contributed by atoms with E-state index in [4.69, 9.17) is 10.7 Å². The van der Waals surface area contributed by atoms with Gasteiger partial charge in [-0.25, -0.2) is 4.98 Å². The number of benzene rings is 1. The number of nitrogen functional groups attached to an aromatic ring is 1. The first-order valence-corrected chi connectivity index (χ1v) is 9.58. The molecule has 27 heavy (non-hydrogen) atoms. The molecule has 1 saturated heterocycles. The van der Waals surface area contributed by atoms with Gasteiger partial charge in [0.1, 0.15) is 12.4 Å². The molecule has 6 heteroatoms. The predicted octanol–water partition coefficient (Wildman–Crippen LogP) is 2.98. The summed E-state index contributed by atoms with van der Waals surface area (Å²) in [6, 6.07) is 10.0. The summed E-state index contributed by atoms with van der Waals surface area (Å²) in [5, 5.41) is 1.05. The van der Waals surface area contributed by atoms with Crippen molar-refractivity contribution in [3.05, 3.63) is 54.2 Å². The van der Waals surface area contributed by atoms with E-state index < -0.39 is 0 Å². The summed E-state index contributed by atoms with van der Waals surface area (Å²) in [7, 11) is 0. The molecular formula is C21H25N5O. The van der Waals surface area contributed by atoms with E-state index in [0.29, 0.717) is 13.1 Å². The minimum Gasteiger partial charge on any atom is -0.397 e. The first-order chi connectivity index (χ1) is 13.2. The molecule has 0 saturated carbocycles. The van der Waals surface area contributed by atoms with E-state index in [-0.39, 0.29) is 11.8 Å². The number of carbonyl (C=O) groups excluding carboxylic acids is 1. The molecule has 1 aliphatic rings. The molecule has 0 aliphatic carbocycles. The average Bonchev–Trinajstić information content (AvgIpc) is 3.14. The molecule has 6 nitrogen and oxygen atoms in total. The largest absolute Gasteiger partial charge is 0.397 e. The highest BCUT2D eigenvalue weighted by Gasteiger charge is 2.27. The maximum absolute atomic E-state index is 12.8. The summed E-state index contributed by atoms with van der Waals surface area (Å²) >= 11 is 0. The number of piperidine rings is 1. The molecule has 2 aromatic heterocycles. The number of rotatable bonds is 4. The summed E-state index contributed by atoms with van der Waals surface area (Å²) in [6.07, 6.45) is 6.42. The van der Waals surface area contributed by atoms with Gasteiger partial charge < -0.3 is 15.2 Å². The first-order valence-electron chi connectivity index (χ1n) is 9.58. The van der Waals surface area contributed by atoms with Crippen LogP contribution in [0.1, 0.15) is 37.2 Å². The lowest BCUT2D eigenvalue weighted by Gasteiger charge is -2.33. The Kier molecular flexibility index (Phi) is 4.79. The van der Waals surface area contributed by atoms with E-state index >= 15 is 0 Å². The summed E-state index contributed by atoms with van der Waals surface area (Å²) in [5.74, 6) is 1.25. The molecule has 0 radical (unpaired) electrons. The third-order valence-corrected chi connectivity index (χ3v) is 5.37. The molecule has 140 valence electrons. The fraction of sp³-hybridized carbons (Fsp3) is 0.381. The van der Waals surface area contributed by atoms with Crippen LogP contribution in [0.2, 0.25) is 0 Å². The van der Waals surface area contributed by atoms with Gasteiger partial charge in [0.2, 0.25) is 5.91 Å². The number of pyridine rings is 1. The number of hydrogen-bond acceptors (Lipinski definition) is 4. The van der Waals surface area contributed by atoms with Crippen LogP contribution >= 0.6 is 0 Å². The van der Waals surface area contributed by atoms with Crippen LogP contribution in [0.25, 0.3) is 10.9 Å². The molecule has 0 bridgehead atoms. The smallest absolute Gasteiger partial charge is 0.242 e. The number of nitrogens with zero attached hydrogens (tertiary/aromatic N) is 4. The SMILES string of the molecule is CCc1nccn1CC(=O)N1CCC[C@@H](c2nc3ccccc3cc2N)C1. The Balaban J connectivity index is 1.52. The molecule has 1 aromatic carbocycles. The Morgan fingerprint density at radius 3 is 3.04 bits per heavy atom. The van der Waals surface area contributed by atoms with E-state index in [1.54, 1.807) is 6.20 Å². The topological polar surface area (TPSA) is 77.0 Å². The summed E-state index contributed by atoms with van der Waals surface area (Å²) in [5.41, 5.74) is 8.90. The second kappa shape index (κ2) is 7.39. The van der Waals surface area contributed by atoms with Gasteiger partial charge in [-0.3, -0.25) is 9.78 Å². The van der Waals surface area contributed by atoms with Gasteiger partial charge in [0.15, 0.2) is 0 Å². The van der Waals surface area contributed by atoms with Crippen LogP contribution < -0.4 is 5.73 Å². The highest BCUT2D eigenvalue weighted by Crippen LogP contribution is 2.31. The zero-order valence-corrected chi connectivity index (χ0v) is 15.6. The van der Waals surface area contributed by atoms with Crippen molar-refractivity contribution in [1.29, 1.82) is 0 Å². The Bertz CT molecular complexity index is 964. The fourth-order valence-electron chi connectivity index (χ4n) is 3.95. The van der Waals surface area contributed by atoms with Crippen LogP contribution in [0.5, 0.6) is 0 Å². The number of para-hydroxylation sites is 1. The van der Waals surface area contributed by atoms with Crippen molar-refractivity contribution in [2.24, 2.45) is 0 Å². The van der Waals surface area contributed by atoms with E-state index in [9.17, 15) is 4.79 Å². The first kappa shape index (κ1) is 17.5. The standard InChI is InChI=1S/C21H25N5O/c1-2-19-23-9-11-25(19)14-20(27)26-10-5-7-16(13-26)21-17(22)12-15-6-3-4-8-18(15)24-21/h3-4,6,8-9,11-12,16H,2,5,7,10,13-14,22H2,1H3/t16-/m1/s1. The van der Waals surface area contributed by atoms with Gasteiger partial charge in [0.05, 0.1) is 16.9 Å².